The standard InChI is InChI=1S/C17H16BrF3N2O2/c1-3-25-16-14(18)8-11(9-15(16)24-2)10-22-23-13-6-4-12(5-7-13)17(19,20)21/h4-10,23H,3H2,1-2H3. The Kier molecular flexibility index (Phi) is 6.30. The molecule has 2 rings (SSSR count). The molecule has 8 heteroatoms. The molecule has 1 N–H and O–H groups in total. The summed E-state index contributed by atoms with van der Waals surface area (Å²) in [5, 5.41) is 4.02. The molecule has 0 aliphatic rings. The van der Waals surface area contributed by atoms with E-state index in [4.69, 9.17) is 9.47 Å². The summed E-state index contributed by atoms with van der Waals surface area (Å²) < 4.78 is 49.0. The average Bonchev–Trinajstić information content (AvgIpc) is 2.56. The highest BCUT2D eigenvalue weighted by molar-refractivity contribution is 9.10. The summed E-state index contributed by atoms with van der Waals surface area (Å²) in [5.41, 5.74) is 3.15. The van der Waals surface area contributed by atoms with Gasteiger partial charge in [-0.15, -0.1) is 0 Å². The number of nitrogens with one attached hydrogen (secondary N) is 1. The number of halogens is 4. The minimum Gasteiger partial charge on any atom is -0.493 e. The number of rotatable bonds is 6. The summed E-state index contributed by atoms with van der Waals surface area (Å²) in [6.45, 7) is 2.37. The Labute approximate surface area is 151 Å². The van der Waals surface area contributed by atoms with E-state index in [1.165, 1.54) is 25.5 Å². The van der Waals surface area contributed by atoms with Gasteiger partial charge in [0.25, 0.3) is 0 Å². The molecule has 0 aliphatic heterocycles. The molecule has 0 amide bonds. The number of hydrogen-bond donors (Lipinski definition) is 1. The Morgan fingerprint density at radius 1 is 1.20 bits per heavy atom. The molecule has 0 fully saturated rings. The number of alkyl halides is 3. The van der Waals surface area contributed by atoms with Crippen molar-refractivity contribution in [2.24, 2.45) is 5.10 Å². The molecular weight excluding hydrogens is 401 g/mol. The zero-order valence-corrected chi connectivity index (χ0v) is 15.1. The molecule has 4 nitrogen and oxygen atoms in total. The lowest BCUT2D eigenvalue weighted by atomic mass is 10.2. The van der Waals surface area contributed by atoms with Crippen molar-refractivity contribution in [1.29, 1.82) is 0 Å². The van der Waals surface area contributed by atoms with Crippen LogP contribution < -0.4 is 14.9 Å². The minimum absolute atomic E-state index is 0.446. The van der Waals surface area contributed by atoms with Crippen molar-refractivity contribution in [2.75, 3.05) is 19.1 Å². The van der Waals surface area contributed by atoms with Crippen LogP contribution in [0.4, 0.5) is 18.9 Å². The third kappa shape index (κ3) is 5.12. The largest absolute Gasteiger partial charge is 0.493 e. The molecule has 134 valence electrons. The van der Waals surface area contributed by atoms with E-state index in [0.29, 0.717) is 28.3 Å². The summed E-state index contributed by atoms with van der Waals surface area (Å²) in [4.78, 5) is 0. The zero-order valence-electron chi connectivity index (χ0n) is 13.5. The van der Waals surface area contributed by atoms with Gasteiger partial charge in [0.2, 0.25) is 0 Å². The number of methoxy groups -OCH3 is 1. The van der Waals surface area contributed by atoms with Gasteiger partial charge in [-0.25, -0.2) is 0 Å². The van der Waals surface area contributed by atoms with Crippen LogP contribution in [0.2, 0.25) is 0 Å². The van der Waals surface area contributed by atoms with Crippen molar-refractivity contribution < 1.29 is 22.6 Å². The van der Waals surface area contributed by atoms with Gasteiger partial charge < -0.3 is 9.47 Å². The lowest BCUT2D eigenvalue weighted by Crippen LogP contribution is -2.04. The van der Waals surface area contributed by atoms with Crippen molar-refractivity contribution in [3.05, 3.63) is 52.0 Å². The highest BCUT2D eigenvalue weighted by atomic mass is 79.9. The molecule has 2 aromatic carbocycles. The molecule has 25 heavy (non-hydrogen) atoms. The predicted molar refractivity (Wildman–Crippen MR) is 94.5 cm³/mol. The summed E-state index contributed by atoms with van der Waals surface area (Å²) in [7, 11) is 1.53. The van der Waals surface area contributed by atoms with Crippen molar-refractivity contribution in [3.8, 4) is 11.5 Å². The fourth-order valence-electron chi connectivity index (χ4n) is 2.01. The second-order valence-electron chi connectivity index (χ2n) is 4.91. The maximum atomic E-state index is 12.5. The SMILES string of the molecule is CCOc1c(Br)cc(C=NNc2ccc(C(F)(F)F)cc2)cc1OC. The molecule has 0 atom stereocenters. The Bertz CT molecular complexity index is 747. The number of anilines is 1. The highest BCUT2D eigenvalue weighted by Crippen LogP contribution is 2.36. The van der Waals surface area contributed by atoms with Gasteiger partial charge in [-0.3, -0.25) is 5.43 Å². The van der Waals surface area contributed by atoms with Gasteiger partial charge in [0, 0.05) is 0 Å². The van der Waals surface area contributed by atoms with Crippen molar-refractivity contribution in [3.63, 3.8) is 0 Å². The molecule has 0 unspecified atom stereocenters. The molecular formula is C17H16BrF3N2O2. The fraction of sp³-hybridized carbons (Fsp3) is 0.235. The molecule has 2 aromatic rings. The smallest absolute Gasteiger partial charge is 0.416 e. The van der Waals surface area contributed by atoms with Gasteiger partial charge in [-0.1, -0.05) is 0 Å². The molecule has 0 bridgehead atoms. The van der Waals surface area contributed by atoms with E-state index in [2.05, 4.69) is 26.5 Å². The van der Waals surface area contributed by atoms with Gasteiger partial charge >= 0.3 is 6.18 Å². The molecule has 0 saturated heterocycles. The Morgan fingerprint density at radius 3 is 2.44 bits per heavy atom. The van der Waals surface area contributed by atoms with Gasteiger partial charge in [-0.05, 0) is 64.8 Å². The van der Waals surface area contributed by atoms with Crippen LogP contribution in [-0.2, 0) is 6.18 Å². The van der Waals surface area contributed by atoms with Crippen molar-refractivity contribution in [1.82, 2.24) is 0 Å². The van der Waals surface area contributed by atoms with E-state index in [-0.39, 0.29) is 0 Å². The number of benzene rings is 2. The van der Waals surface area contributed by atoms with Crippen LogP contribution in [-0.4, -0.2) is 19.9 Å². The van der Waals surface area contributed by atoms with E-state index < -0.39 is 11.7 Å². The highest BCUT2D eigenvalue weighted by Gasteiger charge is 2.29. The Balaban J connectivity index is 2.10. The molecule has 0 aliphatic carbocycles. The van der Waals surface area contributed by atoms with E-state index in [1.54, 1.807) is 12.1 Å². The van der Waals surface area contributed by atoms with Crippen LogP contribution in [0.15, 0.2) is 46.0 Å². The molecule has 0 aromatic heterocycles. The van der Waals surface area contributed by atoms with Gasteiger partial charge in [0.1, 0.15) is 0 Å². The fourth-order valence-corrected chi connectivity index (χ4v) is 2.59. The first-order valence-electron chi connectivity index (χ1n) is 7.31. The zero-order chi connectivity index (χ0) is 18.4. The van der Waals surface area contributed by atoms with Crippen molar-refractivity contribution in [2.45, 2.75) is 13.1 Å². The molecule has 0 radical (unpaired) electrons. The second kappa shape index (κ2) is 8.24. The van der Waals surface area contributed by atoms with E-state index in [9.17, 15) is 13.2 Å². The van der Waals surface area contributed by atoms with Gasteiger partial charge in [-0.2, -0.15) is 18.3 Å². The van der Waals surface area contributed by atoms with Crippen LogP contribution in [0, 0.1) is 0 Å². The maximum absolute atomic E-state index is 12.5. The number of nitrogens with zero attached hydrogens (tertiary/aromatic N) is 1. The first-order valence-corrected chi connectivity index (χ1v) is 8.11. The quantitative estimate of drug-likeness (QED) is 0.511. The predicted octanol–water partition coefficient (Wildman–Crippen LogP) is 5.32. The summed E-state index contributed by atoms with van der Waals surface area (Å²) in [6, 6.07) is 8.16. The van der Waals surface area contributed by atoms with E-state index in [1.807, 2.05) is 6.92 Å². The lowest BCUT2D eigenvalue weighted by molar-refractivity contribution is -0.137. The van der Waals surface area contributed by atoms with E-state index in [0.717, 1.165) is 17.7 Å². The van der Waals surface area contributed by atoms with Crippen molar-refractivity contribution >= 4 is 27.8 Å². The molecule has 0 saturated carbocycles. The summed E-state index contributed by atoms with van der Waals surface area (Å²) in [6.07, 6.45) is -2.83. The second-order valence-corrected chi connectivity index (χ2v) is 5.77. The minimum atomic E-state index is -4.35. The van der Waals surface area contributed by atoms with Crippen LogP contribution in [0.25, 0.3) is 0 Å². The van der Waals surface area contributed by atoms with Crippen LogP contribution in [0.1, 0.15) is 18.1 Å². The van der Waals surface area contributed by atoms with Gasteiger partial charge in [0.15, 0.2) is 11.5 Å². The van der Waals surface area contributed by atoms with Crippen LogP contribution in [0.5, 0.6) is 11.5 Å². The molecule has 0 heterocycles. The normalized spacial score (nSPS) is 11.6. The third-order valence-corrected chi connectivity index (χ3v) is 3.75. The number of ether oxygens (including phenoxy) is 2. The topological polar surface area (TPSA) is 42.8 Å². The number of hydrogen-bond acceptors (Lipinski definition) is 4. The average molecular weight is 417 g/mol. The third-order valence-electron chi connectivity index (χ3n) is 3.16. The van der Waals surface area contributed by atoms with Gasteiger partial charge in [0.05, 0.1) is 35.7 Å². The molecule has 0 spiro atoms. The first-order chi connectivity index (χ1) is 11.8. The summed E-state index contributed by atoms with van der Waals surface area (Å²) >= 11 is 3.41. The number of hydrazone groups is 1. The summed E-state index contributed by atoms with van der Waals surface area (Å²) in [5.74, 6) is 1.14. The Morgan fingerprint density at radius 2 is 1.88 bits per heavy atom. The van der Waals surface area contributed by atoms with Crippen LogP contribution in [0.3, 0.4) is 0 Å². The maximum Gasteiger partial charge on any atom is 0.416 e. The lowest BCUT2D eigenvalue weighted by Gasteiger charge is -2.12. The Hall–Kier alpha value is -2.22. The monoisotopic (exact) mass is 416 g/mol. The first kappa shape index (κ1) is 19.1. The van der Waals surface area contributed by atoms with E-state index >= 15 is 0 Å². The van der Waals surface area contributed by atoms with Crippen LogP contribution >= 0.6 is 15.9 Å².